The van der Waals surface area contributed by atoms with E-state index in [1.807, 2.05) is 36.4 Å². The maximum absolute atomic E-state index is 12.4. The summed E-state index contributed by atoms with van der Waals surface area (Å²) in [7, 11) is 3.06. The number of nitrogens with zero attached hydrogens (tertiary/aromatic N) is 3. The fourth-order valence-corrected chi connectivity index (χ4v) is 5.92. The van der Waals surface area contributed by atoms with Gasteiger partial charge in [-0.15, -0.1) is 0 Å². The highest BCUT2D eigenvalue weighted by Gasteiger charge is 2.42. The number of nitrogens with one attached hydrogen (secondary N) is 2. The van der Waals surface area contributed by atoms with E-state index < -0.39 is 0 Å². The highest BCUT2D eigenvalue weighted by Crippen LogP contribution is 2.45. The molecule has 0 unspecified atom stereocenters. The summed E-state index contributed by atoms with van der Waals surface area (Å²) in [6.07, 6.45) is 2.80. The lowest BCUT2D eigenvalue weighted by atomic mass is 9.96. The van der Waals surface area contributed by atoms with Crippen LogP contribution < -0.4 is 20.3 Å². The van der Waals surface area contributed by atoms with Crippen molar-refractivity contribution in [2.75, 3.05) is 31.0 Å². The van der Waals surface area contributed by atoms with Gasteiger partial charge in [0, 0.05) is 36.1 Å². The number of aromatic nitrogens is 2. The normalized spacial score (nSPS) is 16.5. The Morgan fingerprint density at radius 3 is 2.46 bits per heavy atom. The van der Waals surface area contributed by atoms with Crippen molar-refractivity contribution in [1.82, 2.24) is 14.9 Å². The minimum atomic E-state index is -0.273. The number of carbonyl (C=O) groups excluding carboxylic acids is 1. The van der Waals surface area contributed by atoms with Crippen molar-refractivity contribution in [2.24, 2.45) is 0 Å². The Morgan fingerprint density at radius 1 is 1.05 bits per heavy atom. The standard InChI is InChI=1S/C32H35N5O3S/c1-6-22-10-12-23(13-11-22)36-20(2)17-25(21(36)3)31-30(26-9-7-8-16-33-26)35-32(41)37(31)24-14-15-28(40-5)27(18-24)34-29(38)19-39-4/h7-18,30-31H,6,19H2,1-5H3,(H,34,38)(H,35,41)/t30-,31+/m1/s1. The zero-order valence-corrected chi connectivity index (χ0v) is 24.8. The van der Waals surface area contributed by atoms with Gasteiger partial charge in [-0.3, -0.25) is 9.78 Å². The maximum Gasteiger partial charge on any atom is 0.250 e. The van der Waals surface area contributed by atoms with Gasteiger partial charge in [0.05, 0.1) is 30.6 Å². The van der Waals surface area contributed by atoms with Gasteiger partial charge in [0.25, 0.3) is 0 Å². The van der Waals surface area contributed by atoms with Crippen molar-refractivity contribution in [3.63, 3.8) is 0 Å². The largest absolute Gasteiger partial charge is 0.495 e. The molecule has 4 aromatic rings. The number of pyridine rings is 1. The monoisotopic (exact) mass is 569 g/mol. The predicted molar refractivity (Wildman–Crippen MR) is 166 cm³/mol. The number of carbonyl (C=O) groups is 1. The van der Waals surface area contributed by atoms with Crippen molar-refractivity contribution in [2.45, 2.75) is 39.3 Å². The molecule has 0 saturated carbocycles. The molecule has 2 aromatic heterocycles. The molecule has 9 heteroatoms. The Bertz CT molecular complexity index is 1550. The number of hydrogen-bond donors (Lipinski definition) is 2. The Kier molecular flexibility index (Phi) is 8.37. The predicted octanol–water partition coefficient (Wildman–Crippen LogP) is 5.82. The van der Waals surface area contributed by atoms with E-state index in [0.717, 1.165) is 40.4 Å². The Labute approximate surface area is 246 Å². The molecule has 1 aliphatic heterocycles. The van der Waals surface area contributed by atoms with Gasteiger partial charge in [0.2, 0.25) is 5.91 Å². The second-order valence-corrected chi connectivity index (χ2v) is 10.4. The van der Waals surface area contributed by atoms with E-state index in [1.54, 1.807) is 13.3 Å². The second kappa shape index (κ2) is 12.1. The minimum Gasteiger partial charge on any atom is -0.495 e. The van der Waals surface area contributed by atoms with Crippen LogP contribution in [0.15, 0.2) is 72.9 Å². The molecule has 212 valence electrons. The van der Waals surface area contributed by atoms with Crippen LogP contribution in [0.2, 0.25) is 0 Å². The van der Waals surface area contributed by atoms with Crippen molar-refractivity contribution >= 4 is 34.6 Å². The van der Waals surface area contributed by atoms with Crippen molar-refractivity contribution < 1.29 is 14.3 Å². The number of ether oxygens (including phenoxy) is 2. The fourth-order valence-electron chi connectivity index (χ4n) is 5.57. The molecule has 1 saturated heterocycles. The number of aryl methyl sites for hydroxylation is 2. The first kappa shape index (κ1) is 28.3. The number of methoxy groups -OCH3 is 2. The zero-order chi connectivity index (χ0) is 29.1. The van der Waals surface area contributed by atoms with E-state index in [2.05, 4.69) is 71.2 Å². The maximum atomic E-state index is 12.4. The SMILES string of the molecule is CCc1ccc(-n2c(C)cc([C@H]3[C@@H](c4ccccn4)NC(=S)N3c3ccc(OC)c(NC(=O)COC)c3)c2C)cc1. The number of benzene rings is 2. The lowest BCUT2D eigenvalue weighted by Crippen LogP contribution is -2.29. The molecule has 8 nitrogen and oxygen atoms in total. The Balaban J connectivity index is 1.63. The summed E-state index contributed by atoms with van der Waals surface area (Å²) < 4.78 is 12.8. The lowest BCUT2D eigenvalue weighted by Gasteiger charge is -2.29. The highest BCUT2D eigenvalue weighted by atomic mass is 32.1. The molecule has 1 amide bonds. The van der Waals surface area contributed by atoms with Gasteiger partial charge in [0.1, 0.15) is 12.4 Å². The third-order valence-electron chi connectivity index (χ3n) is 7.50. The average molecular weight is 570 g/mol. The van der Waals surface area contributed by atoms with Crippen molar-refractivity contribution in [1.29, 1.82) is 0 Å². The number of hydrogen-bond acceptors (Lipinski definition) is 5. The van der Waals surface area contributed by atoms with E-state index in [1.165, 1.54) is 12.7 Å². The summed E-state index contributed by atoms with van der Waals surface area (Å²) in [5.74, 6) is 0.272. The van der Waals surface area contributed by atoms with Gasteiger partial charge in [-0.05, 0) is 92.1 Å². The smallest absolute Gasteiger partial charge is 0.250 e. The molecule has 0 aliphatic carbocycles. The van der Waals surface area contributed by atoms with Gasteiger partial charge >= 0.3 is 0 Å². The van der Waals surface area contributed by atoms with Crippen LogP contribution >= 0.6 is 12.2 Å². The molecular weight excluding hydrogens is 534 g/mol. The molecule has 3 heterocycles. The molecule has 0 bridgehead atoms. The molecule has 5 rings (SSSR count). The Hall–Kier alpha value is -4.21. The number of rotatable bonds is 9. The summed E-state index contributed by atoms with van der Waals surface area (Å²) in [4.78, 5) is 19.2. The van der Waals surface area contributed by atoms with Crippen molar-refractivity contribution in [3.8, 4) is 11.4 Å². The van der Waals surface area contributed by atoms with Crippen LogP contribution in [0.5, 0.6) is 5.75 Å². The molecule has 0 radical (unpaired) electrons. The van der Waals surface area contributed by atoms with Gasteiger partial charge < -0.3 is 29.6 Å². The lowest BCUT2D eigenvalue weighted by molar-refractivity contribution is -0.119. The molecule has 1 aliphatic rings. The Morgan fingerprint density at radius 2 is 1.80 bits per heavy atom. The summed E-state index contributed by atoms with van der Waals surface area (Å²) in [5, 5.41) is 7.00. The first-order valence-electron chi connectivity index (χ1n) is 13.6. The van der Waals surface area contributed by atoms with E-state index in [-0.39, 0.29) is 24.6 Å². The fraction of sp³-hybridized carbons (Fsp3) is 0.281. The molecule has 1 fully saturated rings. The number of amides is 1. The van der Waals surface area contributed by atoms with Crippen LogP contribution in [0.1, 0.15) is 47.2 Å². The van der Waals surface area contributed by atoms with Crippen LogP contribution in [-0.4, -0.2) is 41.4 Å². The second-order valence-electron chi connectivity index (χ2n) is 10.0. The number of thiocarbonyl (C=S) groups is 1. The molecular formula is C32H35N5O3S. The van der Waals surface area contributed by atoms with Crippen LogP contribution in [0.25, 0.3) is 5.69 Å². The van der Waals surface area contributed by atoms with Crippen LogP contribution in [0, 0.1) is 13.8 Å². The first-order chi connectivity index (χ1) is 19.9. The first-order valence-corrected chi connectivity index (χ1v) is 14.0. The van der Waals surface area contributed by atoms with E-state index in [4.69, 9.17) is 26.7 Å². The van der Waals surface area contributed by atoms with Crippen LogP contribution in [0.4, 0.5) is 11.4 Å². The third kappa shape index (κ3) is 5.55. The quantitative estimate of drug-likeness (QED) is 0.246. The molecule has 0 spiro atoms. The van der Waals surface area contributed by atoms with E-state index >= 15 is 0 Å². The minimum absolute atomic E-state index is 0.0628. The average Bonchev–Trinajstić information content (AvgIpc) is 3.48. The molecule has 2 N–H and O–H groups in total. The van der Waals surface area contributed by atoms with Crippen molar-refractivity contribution in [3.05, 3.63) is 101 Å². The van der Waals surface area contributed by atoms with Gasteiger partial charge in [-0.25, -0.2) is 0 Å². The summed E-state index contributed by atoms with van der Waals surface area (Å²) in [5.41, 5.74) is 8.04. The van der Waals surface area contributed by atoms with Gasteiger partial charge in [-0.2, -0.15) is 0 Å². The molecule has 2 aromatic carbocycles. The number of anilines is 2. The topological polar surface area (TPSA) is 80.7 Å². The van der Waals surface area contributed by atoms with E-state index in [0.29, 0.717) is 16.5 Å². The molecule has 41 heavy (non-hydrogen) atoms. The summed E-state index contributed by atoms with van der Waals surface area (Å²) >= 11 is 5.96. The summed E-state index contributed by atoms with van der Waals surface area (Å²) in [6.45, 7) is 6.37. The highest BCUT2D eigenvalue weighted by molar-refractivity contribution is 7.80. The van der Waals surface area contributed by atoms with Gasteiger partial charge in [0.15, 0.2) is 5.11 Å². The van der Waals surface area contributed by atoms with E-state index in [9.17, 15) is 4.79 Å². The zero-order valence-electron chi connectivity index (χ0n) is 24.0. The van der Waals surface area contributed by atoms with Crippen LogP contribution in [-0.2, 0) is 16.0 Å². The molecule has 2 atom stereocenters. The summed E-state index contributed by atoms with van der Waals surface area (Å²) in [6, 6.07) is 22.1. The van der Waals surface area contributed by atoms with Gasteiger partial charge in [-0.1, -0.05) is 25.1 Å². The third-order valence-corrected chi connectivity index (χ3v) is 7.82. The van der Waals surface area contributed by atoms with Crippen LogP contribution in [0.3, 0.4) is 0 Å².